The van der Waals surface area contributed by atoms with Crippen molar-refractivity contribution in [1.29, 1.82) is 0 Å². The van der Waals surface area contributed by atoms with Crippen molar-refractivity contribution in [2.45, 2.75) is 45.6 Å². The molecule has 180 valence electrons. The second-order valence-electron chi connectivity index (χ2n) is 7.61. The molecule has 0 bridgehead atoms. The van der Waals surface area contributed by atoms with Gasteiger partial charge in [0.25, 0.3) is 0 Å². The third-order valence-corrected chi connectivity index (χ3v) is 5.56. The van der Waals surface area contributed by atoms with Crippen molar-refractivity contribution in [2.24, 2.45) is 0 Å². The number of carboxylic acids is 1. The van der Waals surface area contributed by atoms with Gasteiger partial charge in [0.1, 0.15) is 12.4 Å². The number of halogens is 1. The molecule has 0 aliphatic rings. The number of ether oxygens (including phenoxy) is 2. The van der Waals surface area contributed by atoms with E-state index in [1.165, 1.54) is 0 Å². The predicted octanol–water partition coefficient (Wildman–Crippen LogP) is 5.58. The highest BCUT2D eigenvalue weighted by molar-refractivity contribution is 9.10. The SMILES string of the molecule is CCCCCN(CCOc1ccc(CC(OCC)C(=O)O)cc1)C(=O)Nc1ccc(Br)cc1. The summed E-state index contributed by atoms with van der Waals surface area (Å²) < 4.78 is 12.1. The van der Waals surface area contributed by atoms with Crippen LogP contribution in [-0.4, -0.2) is 54.4 Å². The summed E-state index contributed by atoms with van der Waals surface area (Å²) in [6, 6.07) is 14.6. The van der Waals surface area contributed by atoms with Gasteiger partial charge in [-0.1, -0.05) is 47.8 Å². The number of urea groups is 1. The lowest BCUT2D eigenvalue weighted by molar-refractivity contribution is -0.149. The van der Waals surface area contributed by atoms with Crippen molar-refractivity contribution in [3.8, 4) is 5.75 Å². The molecule has 0 fully saturated rings. The lowest BCUT2D eigenvalue weighted by atomic mass is 10.1. The maximum Gasteiger partial charge on any atom is 0.333 e. The first-order chi connectivity index (χ1) is 15.9. The van der Waals surface area contributed by atoms with Crippen LogP contribution in [0.15, 0.2) is 53.0 Å². The lowest BCUT2D eigenvalue weighted by Crippen LogP contribution is -2.38. The number of hydrogen-bond donors (Lipinski definition) is 2. The smallest absolute Gasteiger partial charge is 0.333 e. The van der Waals surface area contributed by atoms with E-state index in [2.05, 4.69) is 28.2 Å². The molecule has 0 saturated carbocycles. The van der Waals surface area contributed by atoms with Crippen LogP contribution < -0.4 is 10.1 Å². The summed E-state index contributed by atoms with van der Waals surface area (Å²) in [7, 11) is 0. The maximum atomic E-state index is 12.8. The van der Waals surface area contributed by atoms with Crippen molar-refractivity contribution in [3.05, 3.63) is 58.6 Å². The van der Waals surface area contributed by atoms with Gasteiger partial charge in [-0.25, -0.2) is 9.59 Å². The largest absolute Gasteiger partial charge is 0.492 e. The van der Waals surface area contributed by atoms with Gasteiger partial charge in [0.05, 0.1) is 6.54 Å². The number of benzene rings is 2. The number of rotatable bonds is 14. The molecule has 0 spiro atoms. The number of carbonyl (C=O) groups is 2. The monoisotopic (exact) mass is 520 g/mol. The van der Waals surface area contributed by atoms with E-state index in [4.69, 9.17) is 9.47 Å². The van der Waals surface area contributed by atoms with Crippen molar-refractivity contribution in [1.82, 2.24) is 4.90 Å². The van der Waals surface area contributed by atoms with Crippen LogP contribution in [0.3, 0.4) is 0 Å². The Morgan fingerprint density at radius 1 is 1.03 bits per heavy atom. The summed E-state index contributed by atoms with van der Waals surface area (Å²) in [4.78, 5) is 25.8. The topological polar surface area (TPSA) is 88.1 Å². The van der Waals surface area contributed by atoms with E-state index in [1.807, 2.05) is 48.5 Å². The summed E-state index contributed by atoms with van der Waals surface area (Å²) in [6.07, 6.45) is 2.51. The zero-order valence-electron chi connectivity index (χ0n) is 19.3. The van der Waals surface area contributed by atoms with E-state index in [0.717, 1.165) is 35.0 Å². The van der Waals surface area contributed by atoms with Crippen LogP contribution in [0.4, 0.5) is 10.5 Å². The first-order valence-electron chi connectivity index (χ1n) is 11.3. The fourth-order valence-corrected chi connectivity index (χ4v) is 3.50. The average Bonchev–Trinajstić information content (AvgIpc) is 2.80. The fraction of sp³-hybridized carbons (Fsp3) is 0.440. The number of carboxylic acid groups (broad SMARTS) is 1. The standard InChI is InChI=1S/C25H33BrN2O5/c1-3-5-6-15-28(25(31)27-21-11-9-20(26)10-12-21)16-17-33-22-13-7-19(8-14-22)18-23(24(29)30)32-4-2/h7-14,23H,3-6,15-18H2,1-2H3,(H,27,31)(H,29,30). The Bertz CT molecular complexity index is 858. The number of nitrogens with one attached hydrogen (secondary N) is 1. The normalized spacial score (nSPS) is 11.6. The summed E-state index contributed by atoms with van der Waals surface area (Å²) in [5.41, 5.74) is 1.60. The van der Waals surface area contributed by atoms with E-state index in [-0.39, 0.29) is 6.03 Å². The minimum absolute atomic E-state index is 0.150. The number of carbonyl (C=O) groups excluding carboxylic acids is 1. The Kier molecular flexibility index (Phi) is 11.8. The Labute approximate surface area is 204 Å². The zero-order chi connectivity index (χ0) is 24.1. The maximum absolute atomic E-state index is 12.8. The Morgan fingerprint density at radius 3 is 2.33 bits per heavy atom. The molecule has 0 aliphatic carbocycles. The molecule has 0 aliphatic heterocycles. The summed E-state index contributed by atoms with van der Waals surface area (Å²) in [6.45, 7) is 5.73. The van der Waals surface area contributed by atoms with Gasteiger partial charge in [-0.15, -0.1) is 0 Å². The molecule has 1 atom stereocenters. The first-order valence-corrected chi connectivity index (χ1v) is 12.1. The second kappa shape index (κ2) is 14.5. The van der Waals surface area contributed by atoms with E-state index in [9.17, 15) is 14.7 Å². The molecule has 33 heavy (non-hydrogen) atoms. The number of amides is 2. The molecular formula is C25H33BrN2O5. The third-order valence-electron chi connectivity index (χ3n) is 5.03. The van der Waals surface area contributed by atoms with E-state index < -0.39 is 12.1 Å². The summed E-state index contributed by atoms with van der Waals surface area (Å²) >= 11 is 3.40. The molecule has 0 saturated heterocycles. The summed E-state index contributed by atoms with van der Waals surface area (Å²) in [5.74, 6) is -0.300. The Balaban J connectivity index is 1.89. The van der Waals surface area contributed by atoms with Gasteiger partial charge >= 0.3 is 12.0 Å². The van der Waals surface area contributed by atoms with Crippen molar-refractivity contribution < 1.29 is 24.2 Å². The van der Waals surface area contributed by atoms with Gasteiger partial charge in [0.15, 0.2) is 6.10 Å². The van der Waals surface area contributed by atoms with Crippen LogP contribution in [0.5, 0.6) is 5.75 Å². The fourth-order valence-electron chi connectivity index (χ4n) is 3.23. The molecule has 2 aromatic rings. The first kappa shape index (κ1) is 26.7. The van der Waals surface area contributed by atoms with Crippen LogP contribution in [0.25, 0.3) is 0 Å². The molecule has 8 heteroatoms. The van der Waals surface area contributed by atoms with E-state index in [0.29, 0.717) is 38.5 Å². The van der Waals surface area contributed by atoms with E-state index in [1.54, 1.807) is 11.8 Å². The van der Waals surface area contributed by atoms with Gasteiger partial charge in [-0.05, 0) is 55.3 Å². The van der Waals surface area contributed by atoms with Crippen LogP contribution >= 0.6 is 15.9 Å². The van der Waals surface area contributed by atoms with Crippen LogP contribution in [-0.2, 0) is 16.0 Å². The molecule has 2 amide bonds. The van der Waals surface area contributed by atoms with Gasteiger partial charge < -0.3 is 24.8 Å². The molecule has 0 aromatic heterocycles. The lowest BCUT2D eigenvalue weighted by Gasteiger charge is -2.23. The molecular weight excluding hydrogens is 488 g/mol. The number of anilines is 1. The quantitative estimate of drug-likeness (QED) is 0.317. The molecule has 0 heterocycles. The molecule has 1 unspecified atom stereocenters. The number of nitrogens with zero attached hydrogens (tertiary/aromatic N) is 1. The number of unbranched alkanes of at least 4 members (excludes halogenated alkanes) is 2. The molecule has 2 rings (SSSR count). The van der Waals surface area contributed by atoms with Crippen molar-refractivity contribution in [2.75, 3.05) is 31.6 Å². The van der Waals surface area contributed by atoms with Crippen molar-refractivity contribution in [3.63, 3.8) is 0 Å². The predicted molar refractivity (Wildman–Crippen MR) is 133 cm³/mol. The highest BCUT2D eigenvalue weighted by atomic mass is 79.9. The van der Waals surface area contributed by atoms with Gasteiger partial charge in [-0.2, -0.15) is 0 Å². The molecule has 7 nitrogen and oxygen atoms in total. The van der Waals surface area contributed by atoms with Gasteiger partial charge in [0.2, 0.25) is 0 Å². The highest BCUT2D eigenvalue weighted by Gasteiger charge is 2.18. The molecule has 0 radical (unpaired) electrons. The van der Waals surface area contributed by atoms with Gasteiger partial charge in [-0.3, -0.25) is 0 Å². The minimum Gasteiger partial charge on any atom is -0.492 e. The average molecular weight is 521 g/mol. The van der Waals surface area contributed by atoms with Crippen LogP contribution in [0.2, 0.25) is 0 Å². The Hall–Kier alpha value is -2.58. The minimum atomic E-state index is -0.971. The van der Waals surface area contributed by atoms with Crippen LogP contribution in [0, 0.1) is 0 Å². The molecule has 2 N–H and O–H groups in total. The second-order valence-corrected chi connectivity index (χ2v) is 8.53. The molecule has 2 aromatic carbocycles. The number of aliphatic carboxylic acids is 1. The zero-order valence-corrected chi connectivity index (χ0v) is 20.8. The number of hydrogen-bond acceptors (Lipinski definition) is 4. The van der Waals surface area contributed by atoms with Crippen molar-refractivity contribution >= 4 is 33.6 Å². The Morgan fingerprint density at radius 2 is 1.73 bits per heavy atom. The highest BCUT2D eigenvalue weighted by Crippen LogP contribution is 2.16. The van der Waals surface area contributed by atoms with E-state index >= 15 is 0 Å². The third kappa shape index (κ3) is 9.84. The van der Waals surface area contributed by atoms with Gasteiger partial charge in [0, 0.05) is 29.7 Å². The summed E-state index contributed by atoms with van der Waals surface area (Å²) in [5, 5.41) is 12.2. The van der Waals surface area contributed by atoms with Crippen LogP contribution in [0.1, 0.15) is 38.7 Å².